The van der Waals surface area contributed by atoms with Crippen LogP contribution in [0.5, 0.6) is 0 Å². The Balaban J connectivity index is 2.51. The molecule has 0 N–H and O–H groups in total. The second-order valence-electron chi connectivity index (χ2n) is 3.57. The Hall–Kier alpha value is -1.59. The first kappa shape index (κ1) is 12.5. The first-order chi connectivity index (χ1) is 7.74. The van der Waals surface area contributed by atoms with Crippen molar-refractivity contribution in [2.45, 2.75) is 19.8 Å². The number of rotatable bonds is 4. The van der Waals surface area contributed by atoms with Gasteiger partial charge in [0.2, 0.25) is 5.78 Å². The largest absolute Gasteiger partial charge is 0.384 e. The summed E-state index contributed by atoms with van der Waals surface area (Å²) in [6, 6.07) is 7.87. The number of aryl methyl sites for hydroxylation is 1. The van der Waals surface area contributed by atoms with Crippen molar-refractivity contribution in [1.29, 1.82) is 0 Å². The summed E-state index contributed by atoms with van der Waals surface area (Å²) in [6.07, 6.45) is 1.00. The van der Waals surface area contributed by atoms with Gasteiger partial charge >= 0.3 is 0 Å². The first-order valence-electron chi connectivity index (χ1n) is 5.29. The van der Waals surface area contributed by atoms with Gasteiger partial charge in [0.15, 0.2) is 0 Å². The van der Waals surface area contributed by atoms with Crippen LogP contribution < -0.4 is 0 Å². The van der Waals surface area contributed by atoms with Gasteiger partial charge in [-0.15, -0.1) is 0 Å². The SMILES string of the molecule is COCCC#CC(=O)Cc1ccccc1C. The Kier molecular flexibility index (Phi) is 5.31. The topological polar surface area (TPSA) is 26.3 Å². The monoisotopic (exact) mass is 216 g/mol. The van der Waals surface area contributed by atoms with Crippen LogP contribution in [-0.4, -0.2) is 19.5 Å². The van der Waals surface area contributed by atoms with Gasteiger partial charge in [-0.25, -0.2) is 0 Å². The molecule has 0 aliphatic rings. The van der Waals surface area contributed by atoms with Gasteiger partial charge in [0.05, 0.1) is 6.61 Å². The number of carbonyl (C=O) groups is 1. The fraction of sp³-hybridized carbons (Fsp3) is 0.357. The number of ether oxygens (including phenoxy) is 1. The Morgan fingerprint density at radius 3 is 2.81 bits per heavy atom. The van der Waals surface area contributed by atoms with Gasteiger partial charge in [-0.2, -0.15) is 0 Å². The summed E-state index contributed by atoms with van der Waals surface area (Å²) in [4.78, 5) is 11.5. The lowest BCUT2D eigenvalue weighted by molar-refractivity contribution is -0.113. The summed E-state index contributed by atoms with van der Waals surface area (Å²) in [6.45, 7) is 2.58. The molecule has 0 unspecified atom stereocenters. The van der Waals surface area contributed by atoms with Crippen LogP contribution >= 0.6 is 0 Å². The molecule has 0 heterocycles. The van der Waals surface area contributed by atoms with Crippen LogP contribution in [0.3, 0.4) is 0 Å². The molecule has 2 heteroatoms. The lowest BCUT2D eigenvalue weighted by atomic mass is 10.0. The molecule has 0 bridgehead atoms. The maximum Gasteiger partial charge on any atom is 0.209 e. The van der Waals surface area contributed by atoms with E-state index in [0.717, 1.165) is 11.1 Å². The molecular formula is C14H16O2. The molecule has 0 radical (unpaired) electrons. The molecule has 0 aromatic heterocycles. The summed E-state index contributed by atoms with van der Waals surface area (Å²) in [5, 5.41) is 0. The second kappa shape index (κ2) is 6.81. The van der Waals surface area contributed by atoms with Crippen molar-refractivity contribution in [2.75, 3.05) is 13.7 Å². The fourth-order valence-electron chi connectivity index (χ4n) is 1.34. The molecule has 0 aliphatic heterocycles. The minimum absolute atomic E-state index is 0.0367. The molecule has 2 nitrogen and oxygen atoms in total. The van der Waals surface area contributed by atoms with Gasteiger partial charge in [0.1, 0.15) is 0 Å². The van der Waals surface area contributed by atoms with Crippen LogP contribution in [0, 0.1) is 18.8 Å². The Labute approximate surface area is 96.6 Å². The quantitative estimate of drug-likeness (QED) is 0.438. The van der Waals surface area contributed by atoms with Crippen LogP contribution in [0.25, 0.3) is 0 Å². The highest BCUT2D eigenvalue weighted by molar-refractivity contribution is 5.97. The Bertz CT molecular complexity index is 410. The molecule has 84 valence electrons. The minimum Gasteiger partial charge on any atom is -0.384 e. The molecule has 1 aromatic carbocycles. The average molecular weight is 216 g/mol. The highest BCUT2D eigenvalue weighted by Gasteiger charge is 2.01. The number of hydrogen-bond acceptors (Lipinski definition) is 2. The van der Waals surface area contributed by atoms with Crippen molar-refractivity contribution in [3.05, 3.63) is 35.4 Å². The summed E-state index contributed by atoms with van der Waals surface area (Å²) in [7, 11) is 1.62. The lowest BCUT2D eigenvalue weighted by Gasteiger charge is -2.00. The number of ketones is 1. The van der Waals surface area contributed by atoms with E-state index >= 15 is 0 Å². The first-order valence-corrected chi connectivity index (χ1v) is 5.29. The van der Waals surface area contributed by atoms with E-state index in [1.165, 1.54) is 0 Å². The van der Waals surface area contributed by atoms with Crippen LogP contribution in [0.1, 0.15) is 17.5 Å². The van der Waals surface area contributed by atoms with E-state index in [9.17, 15) is 4.79 Å². The fourth-order valence-corrected chi connectivity index (χ4v) is 1.34. The van der Waals surface area contributed by atoms with Crippen molar-refractivity contribution in [1.82, 2.24) is 0 Å². The highest BCUT2D eigenvalue weighted by Crippen LogP contribution is 2.07. The zero-order chi connectivity index (χ0) is 11.8. The van der Waals surface area contributed by atoms with Gasteiger partial charge in [0.25, 0.3) is 0 Å². The third-order valence-electron chi connectivity index (χ3n) is 2.27. The molecule has 16 heavy (non-hydrogen) atoms. The number of Topliss-reactive ketones (excluding diaryl/α,β-unsaturated/α-hetero) is 1. The summed E-state index contributed by atoms with van der Waals surface area (Å²) in [5.41, 5.74) is 2.18. The average Bonchev–Trinajstić information content (AvgIpc) is 2.28. The predicted molar refractivity (Wildman–Crippen MR) is 64.2 cm³/mol. The third kappa shape index (κ3) is 4.29. The summed E-state index contributed by atoms with van der Waals surface area (Å²) in [5.74, 6) is 5.39. The van der Waals surface area contributed by atoms with Crippen LogP contribution in [0.15, 0.2) is 24.3 Å². The standard InChI is InChI=1S/C14H16O2/c1-12-7-3-4-8-13(12)11-14(15)9-5-6-10-16-2/h3-4,7-8H,6,10-11H2,1-2H3. The van der Waals surface area contributed by atoms with E-state index in [2.05, 4.69) is 11.8 Å². The van der Waals surface area contributed by atoms with Crippen LogP contribution in [0.2, 0.25) is 0 Å². The molecule has 0 aliphatic carbocycles. The van der Waals surface area contributed by atoms with Crippen molar-refractivity contribution < 1.29 is 9.53 Å². The van der Waals surface area contributed by atoms with Crippen LogP contribution in [-0.2, 0) is 16.0 Å². The Morgan fingerprint density at radius 1 is 1.38 bits per heavy atom. The van der Waals surface area contributed by atoms with Crippen molar-refractivity contribution in [3.63, 3.8) is 0 Å². The van der Waals surface area contributed by atoms with E-state index in [1.807, 2.05) is 31.2 Å². The zero-order valence-corrected chi connectivity index (χ0v) is 9.75. The van der Waals surface area contributed by atoms with Crippen LogP contribution in [0.4, 0.5) is 0 Å². The summed E-state index contributed by atoms with van der Waals surface area (Å²) >= 11 is 0. The Morgan fingerprint density at radius 2 is 2.12 bits per heavy atom. The molecule has 0 atom stereocenters. The van der Waals surface area contributed by atoms with Gasteiger partial charge < -0.3 is 4.74 Å². The van der Waals surface area contributed by atoms with Crippen molar-refractivity contribution in [2.24, 2.45) is 0 Å². The van der Waals surface area contributed by atoms with Gasteiger partial charge in [-0.3, -0.25) is 4.79 Å². The van der Waals surface area contributed by atoms with Crippen molar-refractivity contribution >= 4 is 5.78 Å². The van der Waals surface area contributed by atoms with E-state index in [1.54, 1.807) is 7.11 Å². The van der Waals surface area contributed by atoms with E-state index < -0.39 is 0 Å². The van der Waals surface area contributed by atoms with E-state index in [-0.39, 0.29) is 5.78 Å². The van der Waals surface area contributed by atoms with E-state index in [0.29, 0.717) is 19.4 Å². The third-order valence-corrected chi connectivity index (χ3v) is 2.27. The minimum atomic E-state index is -0.0367. The van der Waals surface area contributed by atoms with Gasteiger partial charge in [-0.1, -0.05) is 30.2 Å². The summed E-state index contributed by atoms with van der Waals surface area (Å²) < 4.78 is 4.85. The second-order valence-corrected chi connectivity index (χ2v) is 3.57. The highest BCUT2D eigenvalue weighted by atomic mass is 16.5. The smallest absolute Gasteiger partial charge is 0.209 e. The van der Waals surface area contributed by atoms with Gasteiger partial charge in [0, 0.05) is 20.0 Å². The van der Waals surface area contributed by atoms with Gasteiger partial charge in [-0.05, 0) is 24.0 Å². The molecule has 0 saturated heterocycles. The molecule has 1 aromatic rings. The maximum atomic E-state index is 11.5. The normalized spacial score (nSPS) is 9.38. The molecule has 0 amide bonds. The molecule has 0 fully saturated rings. The number of carbonyl (C=O) groups excluding carboxylic acids is 1. The molecular weight excluding hydrogens is 200 g/mol. The predicted octanol–water partition coefficient (Wildman–Crippen LogP) is 2.15. The van der Waals surface area contributed by atoms with Crippen molar-refractivity contribution in [3.8, 4) is 11.8 Å². The lowest BCUT2D eigenvalue weighted by Crippen LogP contribution is -2.01. The number of hydrogen-bond donors (Lipinski definition) is 0. The zero-order valence-electron chi connectivity index (χ0n) is 9.75. The number of methoxy groups -OCH3 is 1. The molecule has 1 rings (SSSR count). The molecule has 0 saturated carbocycles. The molecule has 0 spiro atoms. The number of benzene rings is 1. The van der Waals surface area contributed by atoms with E-state index in [4.69, 9.17) is 4.74 Å². The maximum absolute atomic E-state index is 11.5.